The highest BCUT2D eigenvalue weighted by Crippen LogP contribution is 2.30. The van der Waals surface area contributed by atoms with Crippen LogP contribution in [0.25, 0.3) is 11.3 Å². The van der Waals surface area contributed by atoms with Crippen molar-refractivity contribution in [2.45, 2.75) is 32.7 Å². The fourth-order valence-corrected chi connectivity index (χ4v) is 3.29. The van der Waals surface area contributed by atoms with Crippen molar-refractivity contribution in [1.82, 2.24) is 4.90 Å². The number of methoxy groups -OCH3 is 1. The summed E-state index contributed by atoms with van der Waals surface area (Å²) in [4.78, 5) is 37.1. The van der Waals surface area contributed by atoms with E-state index >= 15 is 0 Å². The lowest BCUT2D eigenvalue weighted by Crippen LogP contribution is -2.37. The van der Waals surface area contributed by atoms with E-state index in [0.717, 1.165) is 22.6 Å². The molecule has 0 unspecified atom stereocenters. The van der Waals surface area contributed by atoms with Crippen molar-refractivity contribution in [1.29, 1.82) is 0 Å². The van der Waals surface area contributed by atoms with Crippen LogP contribution in [-0.2, 0) is 36.8 Å². The van der Waals surface area contributed by atoms with Gasteiger partial charge in [0, 0.05) is 49.9 Å². The first-order valence-corrected chi connectivity index (χ1v) is 9.94. The standard InChI is InChI=1S/C22H26N2O6/c1-3-29-22(27)9-8-20(25)23-17-6-4-15(5-7-17)19-12-16-13-24(21(26)14-28-2)11-10-18(16)30-19/h4-7,12H,3,8-11,13-14H2,1-2H3,(H,23,25). The molecule has 8 nitrogen and oxygen atoms in total. The number of hydrogen-bond donors (Lipinski definition) is 1. The number of nitrogens with zero attached hydrogens (tertiary/aromatic N) is 1. The highest BCUT2D eigenvalue weighted by atomic mass is 16.5. The van der Waals surface area contributed by atoms with Crippen molar-refractivity contribution in [2.75, 3.05) is 32.2 Å². The number of carbonyl (C=O) groups is 3. The van der Waals surface area contributed by atoms with Crippen LogP contribution in [-0.4, -0.2) is 49.6 Å². The predicted molar refractivity (Wildman–Crippen MR) is 110 cm³/mol. The van der Waals surface area contributed by atoms with Crippen LogP contribution in [0.2, 0.25) is 0 Å². The van der Waals surface area contributed by atoms with Crippen LogP contribution in [0.1, 0.15) is 31.1 Å². The number of fused-ring (bicyclic) bond motifs is 1. The zero-order valence-electron chi connectivity index (χ0n) is 17.2. The lowest BCUT2D eigenvalue weighted by Gasteiger charge is -2.25. The number of benzene rings is 1. The van der Waals surface area contributed by atoms with Crippen LogP contribution >= 0.6 is 0 Å². The summed E-state index contributed by atoms with van der Waals surface area (Å²) in [6, 6.07) is 9.24. The monoisotopic (exact) mass is 414 g/mol. The SMILES string of the molecule is CCOC(=O)CCC(=O)Nc1ccc(-c2cc3c(o2)CCN(C(=O)COC)C3)cc1. The molecule has 2 heterocycles. The van der Waals surface area contributed by atoms with Gasteiger partial charge in [-0.25, -0.2) is 0 Å². The van der Waals surface area contributed by atoms with Crippen LogP contribution < -0.4 is 5.32 Å². The van der Waals surface area contributed by atoms with Crippen molar-refractivity contribution < 1.29 is 28.3 Å². The summed E-state index contributed by atoms with van der Waals surface area (Å²) in [6.07, 6.45) is 0.794. The van der Waals surface area contributed by atoms with Gasteiger partial charge in [0.05, 0.1) is 13.0 Å². The molecule has 2 amide bonds. The van der Waals surface area contributed by atoms with Gasteiger partial charge in [-0.05, 0) is 37.3 Å². The van der Waals surface area contributed by atoms with E-state index in [0.29, 0.717) is 31.8 Å². The molecule has 1 aromatic heterocycles. The molecule has 8 heteroatoms. The van der Waals surface area contributed by atoms with Gasteiger partial charge in [0.1, 0.15) is 18.1 Å². The minimum absolute atomic E-state index is 0.0334. The molecule has 0 spiro atoms. The molecular formula is C22H26N2O6. The average molecular weight is 414 g/mol. The van der Waals surface area contributed by atoms with Gasteiger partial charge in [-0.1, -0.05) is 0 Å². The summed E-state index contributed by atoms with van der Waals surface area (Å²) in [7, 11) is 1.51. The normalized spacial score (nSPS) is 12.9. The minimum Gasteiger partial charge on any atom is -0.466 e. The third kappa shape index (κ3) is 5.48. The van der Waals surface area contributed by atoms with Gasteiger partial charge in [-0.3, -0.25) is 14.4 Å². The maximum Gasteiger partial charge on any atom is 0.306 e. The second-order valence-corrected chi connectivity index (χ2v) is 6.99. The Labute approximate surface area is 175 Å². The Hall–Kier alpha value is -3.13. The number of ether oxygens (including phenoxy) is 2. The van der Waals surface area contributed by atoms with E-state index in [1.165, 1.54) is 7.11 Å². The van der Waals surface area contributed by atoms with Gasteiger partial charge >= 0.3 is 5.97 Å². The number of furan rings is 1. The van der Waals surface area contributed by atoms with E-state index in [2.05, 4.69) is 5.32 Å². The van der Waals surface area contributed by atoms with Gasteiger partial charge < -0.3 is 24.1 Å². The molecule has 30 heavy (non-hydrogen) atoms. The van der Waals surface area contributed by atoms with E-state index in [4.69, 9.17) is 13.9 Å². The fraction of sp³-hybridized carbons (Fsp3) is 0.409. The maximum atomic E-state index is 12.0. The lowest BCUT2D eigenvalue weighted by molar-refractivity contribution is -0.144. The van der Waals surface area contributed by atoms with Crippen LogP contribution in [0.3, 0.4) is 0 Å². The molecule has 1 aliphatic heterocycles. The third-order valence-corrected chi connectivity index (χ3v) is 4.80. The lowest BCUT2D eigenvalue weighted by atomic mass is 10.1. The molecular weight excluding hydrogens is 388 g/mol. The fourth-order valence-electron chi connectivity index (χ4n) is 3.29. The van der Waals surface area contributed by atoms with Crippen molar-refractivity contribution >= 4 is 23.5 Å². The topological polar surface area (TPSA) is 98.1 Å². The van der Waals surface area contributed by atoms with Gasteiger partial charge in [0.25, 0.3) is 0 Å². The predicted octanol–water partition coefficient (Wildman–Crippen LogP) is 2.76. The van der Waals surface area contributed by atoms with Crippen molar-refractivity contribution in [2.24, 2.45) is 0 Å². The number of rotatable bonds is 8. The molecule has 0 bridgehead atoms. The van der Waals surface area contributed by atoms with Crippen molar-refractivity contribution in [3.63, 3.8) is 0 Å². The number of nitrogens with one attached hydrogen (secondary N) is 1. The van der Waals surface area contributed by atoms with E-state index in [1.807, 2.05) is 18.2 Å². The highest BCUT2D eigenvalue weighted by molar-refractivity contribution is 5.92. The molecule has 0 saturated carbocycles. The zero-order chi connectivity index (χ0) is 21.5. The molecule has 1 N–H and O–H groups in total. The van der Waals surface area contributed by atoms with Gasteiger partial charge in [-0.2, -0.15) is 0 Å². The van der Waals surface area contributed by atoms with E-state index < -0.39 is 0 Å². The largest absolute Gasteiger partial charge is 0.466 e. The Morgan fingerprint density at radius 3 is 2.63 bits per heavy atom. The Balaban J connectivity index is 1.59. The second-order valence-electron chi connectivity index (χ2n) is 6.99. The quantitative estimate of drug-likeness (QED) is 0.667. The molecule has 160 valence electrons. The van der Waals surface area contributed by atoms with Gasteiger partial charge in [0.15, 0.2) is 0 Å². The molecule has 0 radical (unpaired) electrons. The molecule has 1 aromatic carbocycles. The van der Waals surface area contributed by atoms with Gasteiger partial charge in [-0.15, -0.1) is 0 Å². The minimum atomic E-state index is -0.382. The summed E-state index contributed by atoms with van der Waals surface area (Å²) >= 11 is 0. The first kappa shape index (κ1) is 21.6. The summed E-state index contributed by atoms with van der Waals surface area (Å²) < 4.78 is 15.7. The van der Waals surface area contributed by atoms with Crippen molar-refractivity contribution in [3.05, 3.63) is 41.7 Å². The van der Waals surface area contributed by atoms with Gasteiger partial charge in [0.2, 0.25) is 11.8 Å². The first-order chi connectivity index (χ1) is 14.5. The molecule has 0 saturated heterocycles. The Kier molecular flexibility index (Phi) is 7.24. The number of esters is 1. The number of carbonyl (C=O) groups excluding carboxylic acids is 3. The Bertz CT molecular complexity index is 903. The summed E-state index contributed by atoms with van der Waals surface area (Å²) in [5.74, 6) is 0.954. The Morgan fingerprint density at radius 2 is 1.93 bits per heavy atom. The number of amides is 2. The van der Waals surface area contributed by atoms with Crippen LogP contribution in [0, 0.1) is 0 Å². The molecule has 2 aromatic rings. The molecule has 0 fully saturated rings. The smallest absolute Gasteiger partial charge is 0.306 e. The van der Waals surface area contributed by atoms with E-state index in [1.54, 1.807) is 24.0 Å². The first-order valence-electron chi connectivity index (χ1n) is 9.94. The van der Waals surface area contributed by atoms with Crippen LogP contribution in [0.15, 0.2) is 34.7 Å². The summed E-state index contributed by atoms with van der Waals surface area (Å²) in [5.41, 5.74) is 2.51. The average Bonchev–Trinajstić information content (AvgIpc) is 3.16. The Morgan fingerprint density at radius 1 is 1.17 bits per heavy atom. The molecule has 0 atom stereocenters. The second kappa shape index (κ2) is 10.1. The third-order valence-electron chi connectivity index (χ3n) is 4.80. The molecule has 3 rings (SSSR count). The summed E-state index contributed by atoms with van der Waals surface area (Å²) in [6.45, 7) is 3.23. The van der Waals surface area contributed by atoms with Crippen molar-refractivity contribution in [3.8, 4) is 11.3 Å². The number of anilines is 1. The van der Waals surface area contributed by atoms with E-state index in [-0.39, 0.29) is 37.2 Å². The summed E-state index contributed by atoms with van der Waals surface area (Å²) in [5, 5.41) is 2.76. The van der Waals surface area contributed by atoms with E-state index in [9.17, 15) is 14.4 Å². The molecule has 0 aliphatic carbocycles. The highest BCUT2D eigenvalue weighted by Gasteiger charge is 2.24. The maximum absolute atomic E-state index is 12.0. The van der Waals surface area contributed by atoms with Crippen LogP contribution in [0.4, 0.5) is 5.69 Å². The number of hydrogen-bond acceptors (Lipinski definition) is 6. The van der Waals surface area contributed by atoms with Crippen LogP contribution in [0.5, 0.6) is 0 Å². The molecule has 1 aliphatic rings. The zero-order valence-corrected chi connectivity index (χ0v) is 17.2.